The van der Waals surface area contributed by atoms with Crippen LogP contribution >= 0.6 is 0 Å². The highest BCUT2D eigenvalue weighted by Gasteiger charge is 2.12. The van der Waals surface area contributed by atoms with Crippen LogP contribution in [0.1, 0.15) is 36.6 Å². The fourth-order valence-corrected chi connectivity index (χ4v) is 3.46. The minimum atomic E-state index is -0.377. The number of pyridine rings is 1. The molecule has 0 aliphatic carbocycles. The average Bonchev–Trinajstić information content (AvgIpc) is 2.76. The van der Waals surface area contributed by atoms with Crippen LogP contribution in [-0.4, -0.2) is 17.4 Å². The Labute approximate surface area is 188 Å². The van der Waals surface area contributed by atoms with Crippen molar-refractivity contribution >= 4 is 30.1 Å². The minimum Gasteiger partial charge on any atom is -0.389 e. The van der Waals surface area contributed by atoms with Gasteiger partial charge in [-0.15, -0.1) is 0 Å². The summed E-state index contributed by atoms with van der Waals surface area (Å²) in [6, 6.07) is 14.0. The van der Waals surface area contributed by atoms with E-state index in [1.165, 1.54) is 6.07 Å². The number of carbonyl (C=O) groups is 1. The van der Waals surface area contributed by atoms with Crippen LogP contribution in [-0.2, 0) is 11.2 Å². The number of hydrogen-bond donors (Lipinski definition) is 3. The summed E-state index contributed by atoms with van der Waals surface area (Å²) >= 11 is 0. The normalized spacial score (nSPS) is 12.3. The zero-order chi connectivity index (χ0) is 23.1. The maximum Gasteiger partial charge on any atom is 0.228 e. The highest BCUT2D eigenvalue weighted by Crippen LogP contribution is 2.24. The van der Waals surface area contributed by atoms with Crippen molar-refractivity contribution in [2.24, 2.45) is 0 Å². The zero-order valence-corrected chi connectivity index (χ0v) is 18.7. The molecule has 0 aliphatic rings. The monoisotopic (exact) mass is 432 g/mol. The van der Waals surface area contributed by atoms with Gasteiger partial charge in [0.05, 0.1) is 23.7 Å². The van der Waals surface area contributed by atoms with Crippen LogP contribution in [0.4, 0.5) is 15.8 Å². The third kappa shape index (κ3) is 5.94. The molecule has 3 rings (SSSR count). The van der Waals surface area contributed by atoms with E-state index < -0.39 is 0 Å². The molecule has 0 spiro atoms. The molecule has 0 unspecified atom stereocenters. The quantitative estimate of drug-likeness (QED) is 0.509. The summed E-state index contributed by atoms with van der Waals surface area (Å²) in [6.07, 6.45) is 3.62. The van der Waals surface area contributed by atoms with Gasteiger partial charge in [0.15, 0.2) is 0 Å². The van der Waals surface area contributed by atoms with Gasteiger partial charge in [-0.3, -0.25) is 9.78 Å². The molecule has 166 valence electrons. The fourth-order valence-electron chi connectivity index (χ4n) is 3.46. The predicted octanol–water partition coefficient (Wildman–Crippen LogP) is 3.64. The van der Waals surface area contributed by atoms with Gasteiger partial charge in [0.1, 0.15) is 5.82 Å². The first-order valence-corrected chi connectivity index (χ1v) is 10.7. The lowest BCUT2D eigenvalue weighted by molar-refractivity contribution is -0.115. The van der Waals surface area contributed by atoms with E-state index in [-0.39, 0.29) is 24.2 Å². The maximum absolute atomic E-state index is 13.8. The summed E-state index contributed by atoms with van der Waals surface area (Å²) in [7, 11) is 0. The predicted molar refractivity (Wildman–Crippen MR) is 129 cm³/mol. The van der Waals surface area contributed by atoms with Crippen LogP contribution in [0.5, 0.6) is 0 Å². The number of halogens is 1. The number of carbonyl (C=O) groups excluding carboxylic acids is 1. The minimum absolute atomic E-state index is 0.0160. The Balaban J connectivity index is 1.72. The Bertz CT molecular complexity index is 1210. The molecule has 3 N–H and O–H groups in total. The van der Waals surface area contributed by atoms with Crippen LogP contribution in [0.25, 0.3) is 12.8 Å². The highest BCUT2D eigenvalue weighted by molar-refractivity contribution is 5.92. The number of anilines is 2. The van der Waals surface area contributed by atoms with Gasteiger partial charge in [0.2, 0.25) is 5.91 Å². The van der Waals surface area contributed by atoms with Gasteiger partial charge in [-0.05, 0) is 66.9 Å². The first-order valence-electron chi connectivity index (χ1n) is 10.7. The summed E-state index contributed by atoms with van der Waals surface area (Å²) in [5.41, 5.74) is 4.05. The maximum atomic E-state index is 13.8. The van der Waals surface area contributed by atoms with Crippen molar-refractivity contribution in [2.45, 2.75) is 33.2 Å². The van der Waals surface area contributed by atoms with Crippen molar-refractivity contribution in [1.82, 2.24) is 10.3 Å². The van der Waals surface area contributed by atoms with Crippen molar-refractivity contribution in [3.05, 3.63) is 87.8 Å². The van der Waals surface area contributed by atoms with E-state index in [4.69, 9.17) is 0 Å². The molecule has 1 heterocycles. The summed E-state index contributed by atoms with van der Waals surface area (Å²) in [6.45, 7) is 11.0. The van der Waals surface area contributed by atoms with Crippen LogP contribution < -0.4 is 26.5 Å². The van der Waals surface area contributed by atoms with Gasteiger partial charge in [0.25, 0.3) is 0 Å². The summed E-state index contributed by atoms with van der Waals surface area (Å²) in [4.78, 5) is 16.9. The van der Waals surface area contributed by atoms with Crippen molar-refractivity contribution in [3.63, 3.8) is 0 Å². The number of aryl methyl sites for hydroxylation is 1. The van der Waals surface area contributed by atoms with Crippen LogP contribution in [0, 0.1) is 12.7 Å². The van der Waals surface area contributed by atoms with Gasteiger partial charge in [-0.2, -0.15) is 0 Å². The topological polar surface area (TPSA) is 66.0 Å². The molecule has 1 amide bonds. The number of aromatic nitrogens is 1. The largest absolute Gasteiger partial charge is 0.389 e. The fraction of sp³-hybridized carbons (Fsp3) is 0.231. The molecule has 2 aromatic carbocycles. The Kier molecular flexibility index (Phi) is 7.60. The first kappa shape index (κ1) is 23.0. The molecule has 0 saturated heterocycles. The SMILES string of the molecule is C=c1cc(N[C@@H](C)c2cc(NC(=O)Cc3ccccc3F)ccc2C)cn/c1=C/NCC. The second kappa shape index (κ2) is 10.6. The van der Waals surface area contributed by atoms with E-state index in [1.807, 2.05) is 44.3 Å². The summed E-state index contributed by atoms with van der Waals surface area (Å²) in [5, 5.41) is 11.1. The molecule has 0 aliphatic heterocycles. The summed E-state index contributed by atoms with van der Waals surface area (Å²) in [5.74, 6) is -0.638. The number of hydrogen-bond acceptors (Lipinski definition) is 4. The Morgan fingerprint density at radius 1 is 1.19 bits per heavy atom. The molecule has 3 aromatic rings. The van der Waals surface area contributed by atoms with Gasteiger partial charge in [0, 0.05) is 24.5 Å². The van der Waals surface area contributed by atoms with E-state index in [1.54, 1.807) is 24.4 Å². The number of amides is 1. The number of rotatable bonds is 8. The molecule has 1 aromatic heterocycles. The summed E-state index contributed by atoms with van der Waals surface area (Å²) < 4.78 is 13.8. The van der Waals surface area contributed by atoms with Gasteiger partial charge in [-0.1, -0.05) is 30.8 Å². The Morgan fingerprint density at radius 2 is 1.97 bits per heavy atom. The highest BCUT2D eigenvalue weighted by atomic mass is 19.1. The zero-order valence-electron chi connectivity index (χ0n) is 18.7. The molecule has 0 saturated carbocycles. The number of nitrogens with zero attached hydrogens (tertiary/aromatic N) is 1. The second-order valence-corrected chi connectivity index (χ2v) is 7.72. The average molecular weight is 433 g/mol. The molecule has 5 nitrogen and oxygen atoms in total. The van der Waals surface area contributed by atoms with E-state index >= 15 is 0 Å². The molecular weight excluding hydrogens is 403 g/mol. The smallest absolute Gasteiger partial charge is 0.228 e. The van der Waals surface area contributed by atoms with Crippen molar-refractivity contribution in [3.8, 4) is 0 Å². The Morgan fingerprint density at radius 3 is 2.69 bits per heavy atom. The second-order valence-electron chi connectivity index (χ2n) is 7.72. The van der Waals surface area contributed by atoms with Crippen LogP contribution in [0.2, 0.25) is 0 Å². The van der Waals surface area contributed by atoms with E-state index in [0.29, 0.717) is 11.3 Å². The van der Waals surface area contributed by atoms with Crippen molar-refractivity contribution in [1.29, 1.82) is 0 Å². The molecule has 32 heavy (non-hydrogen) atoms. The van der Waals surface area contributed by atoms with Crippen molar-refractivity contribution in [2.75, 3.05) is 17.2 Å². The molecule has 6 heteroatoms. The van der Waals surface area contributed by atoms with E-state index in [9.17, 15) is 9.18 Å². The van der Waals surface area contributed by atoms with E-state index in [0.717, 1.165) is 33.9 Å². The molecule has 1 atom stereocenters. The molecule has 0 bridgehead atoms. The standard InChI is InChI=1S/C26H29FN4O/c1-5-28-16-25-18(3)12-22(15-29-25)30-19(4)23-14-21(11-10-17(23)2)31-26(32)13-20-8-6-7-9-24(20)27/h6-12,14-16,19,28,30H,3,5,13H2,1-2,4H3,(H,31,32)/b25-16+/t19-/m0/s1. The van der Waals surface area contributed by atoms with Crippen LogP contribution in [0.3, 0.4) is 0 Å². The third-order valence-electron chi connectivity index (χ3n) is 5.17. The Hall–Kier alpha value is -3.67. The number of benzene rings is 2. The number of nitrogens with one attached hydrogen (secondary N) is 3. The lowest BCUT2D eigenvalue weighted by atomic mass is 10.0. The van der Waals surface area contributed by atoms with Gasteiger partial charge >= 0.3 is 0 Å². The van der Waals surface area contributed by atoms with Gasteiger partial charge in [-0.25, -0.2) is 4.39 Å². The third-order valence-corrected chi connectivity index (χ3v) is 5.17. The first-order chi connectivity index (χ1) is 15.4. The molecule has 0 fully saturated rings. The van der Waals surface area contributed by atoms with Crippen LogP contribution in [0.15, 0.2) is 54.7 Å². The van der Waals surface area contributed by atoms with E-state index in [2.05, 4.69) is 34.4 Å². The molecule has 0 radical (unpaired) electrons. The van der Waals surface area contributed by atoms with Crippen molar-refractivity contribution < 1.29 is 9.18 Å². The lowest BCUT2D eigenvalue weighted by Crippen LogP contribution is -2.30. The molecular formula is C26H29FN4O. The lowest BCUT2D eigenvalue weighted by Gasteiger charge is -2.19. The van der Waals surface area contributed by atoms with Gasteiger partial charge < -0.3 is 16.0 Å².